The topological polar surface area (TPSA) is 38.3 Å². The number of nitrogens with one attached hydrogen (secondary N) is 1. The summed E-state index contributed by atoms with van der Waals surface area (Å²) >= 11 is 0. The van der Waals surface area contributed by atoms with Crippen LogP contribution in [-0.4, -0.2) is 23.7 Å². The lowest BCUT2D eigenvalue weighted by molar-refractivity contribution is -0.197. The summed E-state index contributed by atoms with van der Waals surface area (Å²) in [7, 11) is 0. The monoisotopic (exact) mass is 247 g/mol. The molecular weight excluding hydrogens is 228 g/mol. The first kappa shape index (κ1) is 12.6. The second-order valence-corrected chi connectivity index (χ2v) is 6.46. The Balaban J connectivity index is 1.70. The smallest absolute Gasteiger partial charge is 0.407 e. The van der Waals surface area contributed by atoms with Crippen molar-refractivity contribution in [2.75, 3.05) is 0 Å². The summed E-state index contributed by atoms with van der Waals surface area (Å²) < 4.78 is 30.6. The highest BCUT2D eigenvalue weighted by Crippen LogP contribution is 2.62. The van der Waals surface area contributed by atoms with Gasteiger partial charge in [-0.25, -0.2) is 13.6 Å². The van der Waals surface area contributed by atoms with Gasteiger partial charge >= 0.3 is 6.09 Å². The first-order chi connectivity index (χ1) is 7.59. The molecular formula is C12H19F2NO2. The summed E-state index contributed by atoms with van der Waals surface area (Å²) in [6.45, 7) is 5.38. The van der Waals surface area contributed by atoms with Crippen LogP contribution < -0.4 is 5.32 Å². The standard InChI is InChI=1S/C12H19F2NO2/c1-10(2,3)17-9(16)15-8-4-11(5-8)6-12(13,14)7-11/h8H,4-7H2,1-3H3,(H,15,16). The molecule has 0 aromatic carbocycles. The first-order valence-electron chi connectivity index (χ1n) is 5.97. The Labute approximate surface area is 99.9 Å². The zero-order valence-electron chi connectivity index (χ0n) is 10.5. The average molecular weight is 247 g/mol. The summed E-state index contributed by atoms with van der Waals surface area (Å²) in [6.07, 6.45) is 0.811. The number of carbonyl (C=O) groups excluding carboxylic acids is 1. The van der Waals surface area contributed by atoms with E-state index in [0.717, 1.165) is 0 Å². The van der Waals surface area contributed by atoms with Crippen LogP contribution in [0.2, 0.25) is 0 Å². The molecule has 0 aliphatic heterocycles. The van der Waals surface area contributed by atoms with Crippen LogP contribution in [-0.2, 0) is 4.74 Å². The van der Waals surface area contributed by atoms with E-state index in [9.17, 15) is 13.6 Å². The van der Waals surface area contributed by atoms with Gasteiger partial charge in [-0.05, 0) is 39.0 Å². The maximum absolute atomic E-state index is 12.8. The summed E-state index contributed by atoms with van der Waals surface area (Å²) in [5, 5.41) is 2.72. The molecule has 0 bridgehead atoms. The molecule has 2 fully saturated rings. The van der Waals surface area contributed by atoms with Crippen molar-refractivity contribution in [3.05, 3.63) is 0 Å². The van der Waals surface area contributed by atoms with E-state index in [1.165, 1.54) is 0 Å². The number of carbonyl (C=O) groups is 1. The third-order valence-electron chi connectivity index (χ3n) is 3.35. The second kappa shape index (κ2) is 3.56. The summed E-state index contributed by atoms with van der Waals surface area (Å²) in [5.41, 5.74) is -0.724. The largest absolute Gasteiger partial charge is 0.444 e. The van der Waals surface area contributed by atoms with Gasteiger partial charge in [0.15, 0.2) is 0 Å². The molecule has 2 aliphatic carbocycles. The Hall–Kier alpha value is -0.870. The van der Waals surface area contributed by atoms with E-state index < -0.39 is 17.6 Å². The maximum atomic E-state index is 12.8. The third-order valence-corrected chi connectivity index (χ3v) is 3.35. The third kappa shape index (κ3) is 2.87. The fourth-order valence-electron chi connectivity index (χ4n) is 2.90. The SMILES string of the molecule is CC(C)(C)OC(=O)NC1CC2(C1)CC(F)(F)C2. The van der Waals surface area contributed by atoms with Crippen LogP contribution in [0.25, 0.3) is 0 Å². The Morgan fingerprint density at radius 2 is 1.82 bits per heavy atom. The van der Waals surface area contributed by atoms with Gasteiger partial charge in [-0.15, -0.1) is 0 Å². The Bertz CT molecular complexity index is 320. The van der Waals surface area contributed by atoms with Crippen LogP contribution in [0.3, 0.4) is 0 Å². The lowest BCUT2D eigenvalue weighted by Crippen LogP contribution is -2.60. The molecule has 2 aliphatic rings. The molecule has 2 rings (SSSR count). The molecule has 3 nitrogen and oxygen atoms in total. The van der Waals surface area contributed by atoms with Gasteiger partial charge in [0.25, 0.3) is 0 Å². The van der Waals surface area contributed by atoms with Crippen molar-refractivity contribution in [3.63, 3.8) is 0 Å². The Kier molecular flexibility index (Phi) is 2.64. The van der Waals surface area contributed by atoms with E-state index in [2.05, 4.69) is 5.32 Å². The quantitative estimate of drug-likeness (QED) is 0.773. The van der Waals surface area contributed by atoms with Crippen molar-refractivity contribution < 1.29 is 18.3 Å². The van der Waals surface area contributed by atoms with Crippen LogP contribution >= 0.6 is 0 Å². The van der Waals surface area contributed by atoms with Crippen molar-refractivity contribution in [2.24, 2.45) is 5.41 Å². The van der Waals surface area contributed by atoms with Crippen LogP contribution in [0.1, 0.15) is 46.5 Å². The fourth-order valence-corrected chi connectivity index (χ4v) is 2.90. The zero-order valence-corrected chi connectivity index (χ0v) is 10.5. The molecule has 17 heavy (non-hydrogen) atoms. The molecule has 1 N–H and O–H groups in total. The van der Waals surface area contributed by atoms with Crippen LogP contribution in [0.15, 0.2) is 0 Å². The number of amides is 1. The van der Waals surface area contributed by atoms with E-state index in [4.69, 9.17) is 4.74 Å². The molecule has 0 aromatic heterocycles. The molecule has 0 aromatic rings. The van der Waals surface area contributed by atoms with E-state index in [1.54, 1.807) is 20.8 Å². The predicted molar refractivity (Wildman–Crippen MR) is 59.0 cm³/mol. The predicted octanol–water partition coefficient (Wildman–Crippen LogP) is 3.09. The van der Waals surface area contributed by atoms with Gasteiger partial charge in [0, 0.05) is 18.9 Å². The minimum atomic E-state index is -2.48. The fraction of sp³-hybridized carbons (Fsp3) is 0.917. The Morgan fingerprint density at radius 3 is 2.24 bits per heavy atom. The van der Waals surface area contributed by atoms with Crippen molar-refractivity contribution >= 4 is 6.09 Å². The van der Waals surface area contributed by atoms with E-state index in [-0.39, 0.29) is 24.3 Å². The molecule has 0 radical (unpaired) electrons. The van der Waals surface area contributed by atoms with Crippen LogP contribution in [0.4, 0.5) is 13.6 Å². The van der Waals surface area contributed by atoms with Gasteiger partial charge in [0.05, 0.1) is 0 Å². The minimum Gasteiger partial charge on any atom is -0.444 e. The van der Waals surface area contributed by atoms with Crippen molar-refractivity contribution in [3.8, 4) is 0 Å². The highest BCUT2D eigenvalue weighted by molar-refractivity contribution is 5.68. The molecule has 2 saturated carbocycles. The lowest BCUT2D eigenvalue weighted by Gasteiger charge is -2.57. The number of hydrogen-bond donors (Lipinski definition) is 1. The average Bonchev–Trinajstić information content (AvgIpc) is 1.92. The first-order valence-corrected chi connectivity index (χ1v) is 5.97. The number of hydrogen-bond acceptors (Lipinski definition) is 2. The molecule has 98 valence electrons. The van der Waals surface area contributed by atoms with E-state index in [1.807, 2.05) is 0 Å². The number of rotatable bonds is 1. The van der Waals surface area contributed by atoms with Crippen molar-refractivity contribution in [1.29, 1.82) is 0 Å². The molecule has 1 spiro atoms. The second-order valence-electron chi connectivity index (χ2n) is 6.46. The number of alkyl halides is 2. The maximum Gasteiger partial charge on any atom is 0.407 e. The molecule has 0 heterocycles. The van der Waals surface area contributed by atoms with Gasteiger partial charge in [0.2, 0.25) is 5.92 Å². The van der Waals surface area contributed by atoms with E-state index in [0.29, 0.717) is 12.8 Å². The minimum absolute atomic E-state index is 0.000880. The van der Waals surface area contributed by atoms with Gasteiger partial charge in [0.1, 0.15) is 5.60 Å². The lowest BCUT2D eigenvalue weighted by atomic mass is 9.52. The Morgan fingerprint density at radius 1 is 1.29 bits per heavy atom. The highest BCUT2D eigenvalue weighted by atomic mass is 19.3. The highest BCUT2D eigenvalue weighted by Gasteiger charge is 2.62. The molecule has 1 amide bonds. The number of ether oxygens (including phenoxy) is 1. The summed E-state index contributed by atoms with van der Waals surface area (Å²) in [5.74, 6) is -2.48. The zero-order chi connectivity index (χ0) is 12.9. The van der Waals surface area contributed by atoms with Crippen molar-refractivity contribution in [2.45, 2.75) is 64.0 Å². The normalized spacial score (nSPS) is 25.9. The number of halogens is 2. The van der Waals surface area contributed by atoms with Crippen LogP contribution in [0, 0.1) is 5.41 Å². The summed E-state index contributed by atoms with van der Waals surface area (Å²) in [4.78, 5) is 11.4. The van der Waals surface area contributed by atoms with Crippen LogP contribution in [0.5, 0.6) is 0 Å². The van der Waals surface area contributed by atoms with Gasteiger partial charge < -0.3 is 10.1 Å². The molecule has 0 atom stereocenters. The van der Waals surface area contributed by atoms with Crippen molar-refractivity contribution in [1.82, 2.24) is 5.32 Å². The van der Waals surface area contributed by atoms with Gasteiger partial charge in [-0.1, -0.05) is 0 Å². The molecule has 0 unspecified atom stereocenters. The van der Waals surface area contributed by atoms with Gasteiger partial charge in [-0.3, -0.25) is 0 Å². The molecule has 0 saturated heterocycles. The van der Waals surface area contributed by atoms with E-state index >= 15 is 0 Å². The number of alkyl carbamates (subject to hydrolysis) is 1. The summed E-state index contributed by atoms with van der Waals surface area (Å²) in [6, 6.07) is 0.000880. The molecule has 5 heteroatoms. The van der Waals surface area contributed by atoms with Gasteiger partial charge in [-0.2, -0.15) is 0 Å².